The van der Waals surface area contributed by atoms with Gasteiger partial charge in [-0.15, -0.1) is 10.2 Å². The van der Waals surface area contributed by atoms with Gasteiger partial charge in [-0.1, -0.05) is 0 Å². The summed E-state index contributed by atoms with van der Waals surface area (Å²) in [5.74, 6) is 4.99. The molecule has 27 heavy (non-hydrogen) atoms. The molecular weight excluding hydrogens is 350 g/mol. The number of hydrogen-bond donors (Lipinski definition) is 5. The van der Waals surface area contributed by atoms with Gasteiger partial charge in [0, 0.05) is 17.6 Å². The first kappa shape index (κ1) is 20.6. The molecule has 0 bridgehead atoms. The van der Waals surface area contributed by atoms with Crippen molar-refractivity contribution < 1.29 is 19.7 Å². The van der Waals surface area contributed by atoms with Crippen LogP contribution in [0.5, 0.6) is 5.75 Å². The van der Waals surface area contributed by atoms with Gasteiger partial charge in [-0.05, 0) is 51.1 Å². The summed E-state index contributed by atoms with van der Waals surface area (Å²) in [7, 11) is 0. The third-order valence-corrected chi connectivity index (χ3v) is 3.61. The molecule has 2 aromatic rings. The van der Waals surface area contributed by atoms with Gasteiger partial charge in [0.25, 0.3) is 0 Å². The maximum absolute atomic E-state index is 11.3. The number of rotatable bonds is 8. The van der Waals surface area contributed by atoms with E-state index in [-0.39, 0.29) is 17.7 Å². The summed E-state index contributed by atoms with van der Waals surface area (Å²) >= 11 is 0. The molecule has 0 saturated carbocycles. The molecule has 2 rings (SSSR count). The summed E-state index contributed by atoms with van der Waals surface area (Å²) in [6, 6.07) is 7.69. The molecule has 0 aliphatic heterocycles. The minimum absolute atomic E-state index is 0.0400. The second-order valence-corrected chi connectivity index (χ2v) is 7.06. The van der Waals surface area contributed by atoms with Crippen LogP contribution in [0, 0.1) is 0 Å². The number of hydrogen-bond acceptors (Lipinski definition) is 8. The number of ether oxygens (including phenoxy) is 1. The van der Waals surface area contributed by atoms with Crippen LogP contribution in [-0.2, 0) is 0 Å². The van der Waals surface area contributed by atoms with Crippen molar-refractivity contribution in [1.29, 1.82) is 0 Å². The number of nitrogens with two attached hydrogens (primary N) is 1. The minimum Gasteiger partial charge on any atom is -0.490 e. The van der Waals surface area contributed by atoms with E-state index in [1.165, 1.54) is 12.1 Å². The van der Waals surface area contributed by atoms with Gasteiger partial charge in [0.1, 0.15) is 18.5 Å². The van der Waals surface area contributed by atoms with E-state index < -0.39 is 12.1 Å². The molecule has 1 aromatic carbocycles. The van der Waals surface area contributed by atoms with Gasteiger partial charge in [0.05, 0.1) is 11.3 Å². The van der Waals surface area contributed by atoms with Crippen LogP contribution in [0.15, 0.2) is 30.3 Å². The van der Waals surface area contributed by atoms with Crippen molar-refractivity contribution in [3.63, 3.8) is 0 Å². The molecule has 1 unspecified atom stereocenters. The molecule has 1 aromatic heterocycles. The number of aliphatic hydroxyl groups is 1. The molecule has 146 valence electrons. The van der Waals surface area contributed by atoms with E-state index in [9.17, 15) is 15.0 Å². The second kappa shape index (κ2) is 8.76. The van der Waals surface area contributed by atoms with E-state index in [1.54, 1.807) is 18.2 Å². The zero-order chi connectivity index (χ0) is 20.0. The lowest BCUT2D eigenvalue weighted by Gasteiger charge is -2.23. The third-order valence-electron chi connectivity index (χ3n) is 3.61. The SMILES string of the molecule is CC(C)(C)NCC(O)COc1ccc(C(=O)O)cc1-c1ccc(NN)nn1. The smallest absolute Gasteiger partial charge is 0.335 e. The van der Waals surface area contributed by atoms with Crippen molar-refractivity contribution in [3.8, 4) is 17.0 Å². The van der Waals surface area contributed by atoms with E-state index in [0.717, 1.165) is 0 Å². The zero-order valence-corrected chi connectivity index (χ0v) is 15.6. The van der Waals surface area contributed by atoms with Gasteiger partial charge in [0.2, 0.25) is 0 Å². The van der Waals surface area contributed by atoms with Crippen LogP contribution in [0.25, 0.3) is 11.3 Å². The largest absolute Gasteiger partial charge is 0.490 e. The van der Waals surface area contributed by atoms with Crippen LogP contribution in [0.4, 0.5) is 5.82 Å². The molecule has 9 heteroatoms. The third kappa shape index (κ3) is 6.17. The maximum Gasteiger partial charge on any atom is 0.335 e. The Kier molecular flexibility index (Phi) is 6.67. The van der Waals surface area contributed by atoms with Gasteiger partial charge in [-0.2, -0.15) is 0 Å². The van der Waals surface area contributed by atoms with Crippen LogP contribution >= 0.6 is 0 Å². The molecular formula is C18H25N5O4. The van der Waals surface area contributed by atoms with Crippen molar-refractivity contribution >= 4 is 11.8 Å². The fourth-order valence-electron chi connectivity index (χ4n) is 2.21. The highest BCUT2D eigenvalue weighted by molar-refractivity contribution is 5.90. The number of hydrazine groups is 1. The maximum atomic E-state index is 11.3. The Bertz CT molecular complexity index is 774. The predicted molar refractivity (Wildman–Crippen MR) is 101 cm³/mol. The highest BCUT2D eigenvalue weighted by atomic mass is 16.5. The molecule has 0 saturated heterocycles. The molecule has 0 spiro atoms. The fraction of sp³-hybridized carbons (Fsp3) is 0.389. The summed E-state index contributed by atoms with van der Waals surface area (Å²) in [5.41, 5.74) is 3.23. The molecule has 6 N–H and O–H groups in total. The molecule has 0 amide bonds. The average Bonchev–Trinajstić information content (AvgIpc) is 2.64. The van der Waals surface area contributed by atoms with Crippen molar-refractivity contribution in [1.82, 2.24) is 15.5 Å². The second-order valence-electron chi connectivity index (χ2n) is 7.06. The van der Waals surface area contributed by atoms with Crippen LogP contribution in [0.1, 0.15) is 31.1 Å². The number of aromatic nitrogens is 2. The van der Waals surface area contributed by atoms with Crippen LogP contribution < -0.4 is 21.3 Å². The number of anilines is 1. The summed E-state index contributed by atoms with van der Waals surface area (Å²) in [6.07, 6.45) is -0.730. The Morgan fingerprint density at radius 2 is 2.00 bits per heavy atom. The molecule has 0 aliphatic carbocycles. The first-order valence-electron chi connectivity index (χ1n) is 8.43. The van der Waals surface area contributed by atoms with E-state index in [1.807, 2.05) is 20.8 Å². The molecule has 0 aliphatic rings. The van der Waals surface area contributed by atoms with Gasteiger partial charge < -0.3 is 25.7 Å². The van der Waals surface area contributed by atoms with Crippen molar-refractivity contribution in [3.05, 3.63) is 35.9 Å². The number of carboxylic acid groups (broad SMARTS) is 1. The van der Waals surface area contributed by atoms with Crippen LogP contribution in [-0.4, -0.2) is 51.2 Å². The van der Waals surface area contributed by atoms with E-state index >= 15 is 0 Å². The Hall–Kier alpha value is -2.75. The predicted octanol–water partition coefficient (Wildman–Crippen LogP) is 1.26. The van der Waals surface area contributed by atoms with Gasteiger partial charge >= 0.3 is 5.97 Å². The molecule has 1 heterocycles. The summed E-state index contributed by atoms with van der Waals surface area (Å²) < 4.78 is 5.72. The van der Waals surface area contributed by atoms with E-state index in [2.05, 4.69) is 20.9 Å². The van der Waals surface area contributed by atoms with Crippen LogP contribution in [0.3, 0.4) is 0 Å². The average molecular weight is 375 g/mol. The number of nitrogens with zero attached hydrogens (tertiary/aromatic N) is 2. The van der Waals surface area contributed by atoms with Crippen LogP contribution in [0.2, 0.25) is 0 Å². The van der Waals surface area contributed by atoms with Crippen molar-refractivity contribution in [2.24, 2.45) is 5.84 Å². The summed E-state index contributed by atoms with van der Waals surface area (Å²) in [4.78, 5) is 11.3. The fourth-order valence-corrected chi connectivity index (χ4v) is 2.21. The number of nitrogen functional groups attached to an aromatic ring is 1. The summed E-state index contributed by atoms with van der Waals surface area (Å²) in [6.45, 7) is 6.41. The molecule has 0 radical (unpaired) electrons. The normalized spacial score (nSPS) is 12.5. The van der Waals surface area contributed by atoms with E-state index in [0.29, 0.717) is 29.4 Å². The number of β-amino-alcohol motifs (C(OH)–C–C–N with tert-alkyl or cyclic N) is 1. The Balaban J connectivity index is 2.20. The highest BCUT2D eigenvalue weighted by Gasteiger charge is 2.16. The van der Waals surface area contributed by atoms with Gasteiger partial charge in [-0.3, -0.25) is 0 Å². The monoisotopic (exact) mass is 375 g/mol. The number of nitrogens with one attached hydrogen (secondary N) is 2. The highest BCUT2D eigenvalue weighted by Crippen LogP contribution is 2.30. The minimum atomic E-state index is -1.06. The number of aromatic carboxylic acids is 1. The lowest BCUT2D eigenvalue weighted by molar-refractivity contribution is 0.0696. The van der Waals surface area contributed by atoms with Crippen molar-refractivity contribution in [2.45, 2.75) is 32.4 Å². The number of benzene rings is 1. The number of carbonyl (C=O) groups is 1. The van der Waals surface area contributed by atoms with Crippen molar-refractivity contribution in [2.75, 3.05) is 18.6 Å². The lowest BCUT2D eigenvalue weighted by Crippen LogP contribution is -2.42. The molecule has 9 nitrogen and oxygen atoms in total. The molecule has 0 fully saturated rings. The van der Waals surface area contributed by atoms with E-state index in [4.69, 9.17) is 10.6 Å². The Labute approximate surface area is 157 Å². The number of carboxylic acids is 1. The zero-order valence-electron chi connectivity index (χ0n) is 15.6. The topological polar surface area (TPSA) is 143 Å². The molecule has 1 atom stereocenters. The van der Waals surface area contributed by atoms with Gasteiger partial charge in [0.15, 0.2) is 5.82 Å². The Morgan fingerprint density at radius 3 is 2.56 bits per heavy atom. The first-order valence-corrected chi connectivity index (χ1v) is 8.43. The first-order chi connectivity index (χ1) is 12.7. The Morgan fingerprint density at radius 1 is 1.26 bits per heavy atom. The number of aliphatic hydroxyl groups excluding tert-OH is 1. The van der Waals surface area contributed by atoms with Gasteiger partial charge in [-0.25, -0.2) is 10.6 Å². The lowest BCUT2D eigenvalue weighted by atomic mass is 10.1. The quantitative estimate of drug-likeness (QED) is 0.340. The standard InChI is InChI=1S/C18H25N5O4/c1-18(2,3)20-9-12(24)10-27-15-6-4-11(17(25)26)8-13(15)14-5-7-16(21-19)23-22-14/h4-8,12,20,24H,9-10,19H2,1-3H3,(H,21,23)(H,25,26). The summed E-state index contributed by atoms with van der Waals surface area (Å²) in [5, 5.41) is 30.5.